The van der Waals surface area contributed by atoms with Crippen molar-refractivity contribution in [2.45, 2.75) is 45.8 Å². The van der Waals surface area contributed by atoms with Crippen LogP contribution in [0.15, 0.2) is 18.2 Å². The van der Waals surface area contributed by atoms with E-state index in [9.17, 15) is 14.0 Å². The fourth-order valence-electron chi connectivity index (χ4n) is 1.72. The SMILES string of the molecule is Cc1ccc([C@H](CC=O)NC(=O)OC(C)(C)C)c(F)c1. The molecule has 0 aliphatic rings. The molecular formula is C15H20FNO3. The van der Waals surface area contributed by atoms with Gasteiger partial charge in [-0.1, -0.05) is 12.1 Å². The Balaban J connectivity index is 2.89. The second-order valence-corrected chi connectivity index (χ2v) is 5.63. The fraction of sp³-hybridized carbons (Fsp3) is 0.467. The molecule has 0 saturated carbocycles. The summed E-state index contributed by atoms with van der Waals surface area (Å²) in [6.45, 7) is 6.96. The van der Waals surface area contributed by atoms with Crippen LogP contribution in [0.4, 0.5) is 9.18 Å². The van der Waals surface area contributed by atoms with E-state index < -0.39 is 23.6 Å². The molecule has 5 heteroatoms. The quantitative estimate of drug-likeness (QED) is 0.862. The Hall–Kier alpha value is -1.91. The molecule has 1 aromatic rings. The predicted octanol–water partition coefficient (Wildman–Crippen LogP) is 3.29. The highest BCUT2D eigenvalue weighted by Crippen LogP contribution is 2.21. The number of alkyl carbamates (subject to hydrolysis) is 1. The first kappa shape index (κ1) is 16.1. The summed E-state index contributed by atoms with van der Waals surface area (Å²) in [4.78, 5) is 22.4. The second kappa shape index (κ2) is 6.50. The van der Waals surface area contributed by atoms with Crippen LogP contribution in [0, 0.1) is 12.7 Å². The molecular weight excluding hydrogens is 261 g/mol. The third kappa shape index (κ3) is 4.99. The Labute approximate surface area is 118 Å². The monoisotopic (exact) mass is 281 g/mol. The van der Waals surface area contributed by atoms with Crippen molar-refractivity contribution in [1.82, 2.24) is 5.32 Å². The minimum atomic E-state index is -0.733. The average Bonchev–Trinajstić information content (AvgIpc) is 2.25. The van der Waals surface area contributed by atoms with Gasteiger partial charge in [0, 0.05) is 12.0 Å². The molecule has 1 N–H and O–H groups in total. The van der Waals surface area contributed by atoms with Crippen LogP contribution in [0.2, 0.25) is 0 Å². The molecule has 0 spiro atoms. The maximum absolute atomic E-state index is 13.9. The molecule has 0 unspecified atom stereocenters. The van der Waals surface area contributed by atoms with E-state index in [2.05, 4.69) is 5.32 Å². The van der Waals surface area contributed by atoms with Gasteiger partial charge >= 0.3 is 6.09 Å². The van der Waals surface area contributed by atoms with E-state index in [1.807, 2.05) is 0 Å². The minimum Gasteiger partial charge on any atom is -0.444 e. The number of benzene rings is 1. The molecule has 0 bridgehead atoms. The van der Waals surface area contributed by atoms with E-state index >= 15 is 0 Å². The van der Waals surface area contributed by atoms with Gasteiger partial charge in [-0.05, 0) is 39.3 Å². The molecule has 0 aliphatic carbocycles. The first-order valence-electron chi connectivity index (χ1n) is 6.42. The number of aryl methyl sites for hydroxylation is 1. The second-order valence-electron chi connectivity index (χ2n) is 5.63. The van der Waals surface area contributed by atoms with E-state index in [0.717, 1.165) is 5.56 Å². The Kier molecular flexibility index (Phi) is 5.25. The molecule has 0 saturated heterocycles. The number of carbonyl (C=O) groups excluding carboxylic acids is 2. The van der Waals surface area contributed by atoms with Crippen LogP contribution < -0.4 is 5.32 Å². The number of nitrogens with one attached hydrogen (secondary N) is 1. The van der Waals surface area contributed by atoms with E-state index in [0.29, 0.717) is 6.29 Å². The Morgan fingerprint density at radius 2 is 2.10 bits per heavy atom. The number of ether oxygens (including phenoxy) is 1. The van der Waals surface area contributed by atoms with Crippen LogP contribution >= 0.6 is 0 Å². The van der Waals surface area contributed by atoms with Crippen molar-refractivity contribution in [3.63, 3.8) is 0 Å². The molecule has 0 aliphatic heterocycles. The molecule has 1 rings (SSSR count). The van der Waals surface area contributed by atoms with Gasteiger partial charge in [-0.3, -0.25) is 0 Å². The van der Waals surface area contributed by atoms with E-state index in [1.54, 1.807) is 39.8 Å². The molecule has 0 fully saturated rings. The van der Waals surface area contributed by atoms with Gasteiger partial charge in [0.1, 0.15) is 17.7 Å². The fourth-order valence-corrected chi connectivity index (χ4v) is 1.72. The van der Waals surface area contributed by atoms with E-state index in [4.69, 9.17) is 4.74 Å². The first-order valence-corrected chi connectivity index (χ1v) is 6.42. The number of carbonyl (C=O) groups is 2. The summed E-state index contributed by atoms with van der Waals surface area (Å²) in [5, 5.41) is 2.52. The molecule has 110 valence electrons. The van der Waals surface area contributed by atoms with Crippen molar-refractivity contribution >= 4 is 12.4 Å². The van der Waals surface area contributed by atoms with Gasteiger partial charge in [-0.2, -0.15) is 0 Å². The number of rotatable bonds is 4. The van der Waals surface area contributed by atoms with Crippen LogP contribution in [-0.2, 0) is 9.53 Å². The summed E-state index contributed by atoms with van der Waals surface area (Å²) in [6, 6.07) is 3.93. The van der Waals surface area contributed by atoms with Crippen LogP contribution in [0.25, 0.3) is 0 Å². The van der Waals surface area contributed by atoms with Crippen LogP contribution in [0.3, 0.4) is 0 Å². The normalized spacial score (nSPS) is 12.7. The molecule has 1 amide bonds. The molecule has 1 atom stereocenters. The average molecular weight is 281 g/mol. The predicted molar refractivity (Wildman–Crippen MR) is 73.9 cm³/mol. The van der Waals surface area contributed by atoms with Crippen molar-refractivity contribution in [1.29, 1.82) is 0 Å². The van der Waals surface area contributed by atoms with Crippen molar-refractivity contribution in [3.8, 4) is 0 Å². The van der Waals surface area contributed by atoms with Gasteiger partial charge in [0.25, 0.3) is 0 Å². The van der Waals surface area contributed by atoms with Crippen LogP contribution in [0.1, 0.15) is 44.4 Å². The summed E-state index contributed by atoms with van der Waals surface area (Å²) in [5.74, 6) is -0.451. The molecule has 0 aromatic heterocycles. The third-order valence-electron chi connectivity index (χ3n) is 2.55. The van der Waals surface area contributed by atoms with Gasteiger partial charge in [0.15, 0.2) is 0 Å². The van der Waals surface area contributed by atoms with Crippen LogP contribution in [-0.4, -0.2) is 18.0 Å². The maximum Gasteiger partial charge on any atom is 0.408 e. The number of hydrogen-bond donors (Lipinski definition) is 1. The Bertz CT molecular complexity index is 494. The molecule has 20 heavy (non-hydrogen) atoms. The molecule has 0 radical (unpaired) electrons. The number of aldehydes is 1. The zero-order valence-corrected chi connectivity index (χ0v) is 12.2. The lowest BCUT2D eigenvalue weighted by Crippen LogP contribution is -2.35. The summed E-state index contributed by atoms with van der Waals surface area (Å²) >= 11 is 0. The summed E-state index contributed by atoms with van der Waals surface area (Å²) in [7, 11) is 0. The van der Waals surface area contributed by atoms with Crippen molar-refractivity contribution < 1.29 is 18.7 Å². The van der Waals surface area contributed by atoms with Crippen LogP contribution in [0.5, 0.6) is 0 Å². The summed E-state index contributed by atoms with van der Waals surface area (Å²) in [5.41, 5.74) is 0.392. The Morgan fingerprint density at radius 3 is 2.60 bits per heavy atom. The Morgan fingerprint density at radius 1 is 1.45 bits per heavy atom. The van der Waals surface area contributed by atoms with E-state index in [-0.39, 0.29) is 12.0 Å². The highest BCUT2D eigenvalue weighted by atomic mass is 19.1. The number of amides is 1. The van der Waals surface area contributed by atoms with Gasteiger partial charge in [0.2, 0.25) is 0 Å². The lowest BCUT2D eigenvalue weighted by molar-refractivity contribution is -0.108. The standard InChI is InChI=1S/C15H20FNO3/c1-10-5-6-11(12(16)9-10)13(7-8-18)17-14(19)20-15(2,3)4/h5-6,8-9,13H,7H2,1-4H3,(H,17,19)/t13-/m0/s1. The maximum atomic E-state index is 13.9. The van der Waals surface area contributed by atoms with Gasteiger partial charge in [-0.25, -0.2) is 9.18 Å². The van der Waals surface area contributed by atoms with Gasteiger partial charge in [-0.15, -0.1) is 0 Å². The highest BCUT2D eigenvalue weighted by molar-refractivity contribution is 5.69. The molecule has 0 heterocycles. The minimum absolute atomic E-state index is 0.0147. The molecule has 1 aromatic carbocycles. The van der Waals surface area contributed by atoms with Crippen molar-refractivity contribution in [2.75, 3.05) is 0 Å². The third-order valence-corrected chi connectivity index (χ3v) is 2.55. The summed E-state index contributed by atoms with van der Waals surface area (Å²) < 4.78 is 19.0. The number of hydrogen-bond acceptors (Lipinski definition) is 3. The largest absolute Gasteiger partial charge is 0.444 e. The lowest BCUT2D eigenvalue weighted by Gasteiger charge is -2.23. The molecule has 4 nitrogen and oxygen atoms in total. The van der Waals surface area contributed by atoms with Gasteiger partial charge in [0.05, 0.1) is 6.04 Å². The summed E-state index contributed by atoms with van der Waals surface area (Å²) in [6.07, 6.45) is -0.0510. The topological polar surface area (TPSA) is 55.4 Å². The lowest BCUT2D eigenvalue weighted by atomic mass is 10.0. The smallest absolute Gasteiger partial charge is 0.408 e. The van der Waals surface area contributed by atoms with E-state index in [1.165, 1.54) is 6.07 Å². The van der Waals surface area contributed by atoms with Crippen molar-refractivity contribution in [2.24, 2.45) is 0 Å². The van der Waals surface area contributed by atoms with Crippen molar-refractivity contribution in [3.05, 3.63) is 35.1 Å². The highest BCUT2D eigenvalue weighted by Gasteiger charge is 2.22. The first-order chi connectivity index (χ1) is 9.23. The zero-order valence-electron chi connectivity index (χ0n) is 12.2. The van der Waals surface area contributed by atoms with Gasteiger partial charge < -0.3 is 14.8 Å². The number of halogens is 1. The zero-order chi connectivity index (χ0) is 15.3.